The highest BCUT2D eigenvalue weighted by Crippen LogP contribution is 2.43. The van der Waals surface area contributed by atoms with Gasteiger partial charge in [0.05, 0.1) is 17.1 Å². The Labute approximate surface area is 241 Å². The second kappa shape index (κ2) is 12.3. The molecular weight excluding hydrogens is 619 g/mol. The number of alkyl halides is 1. The van der Waals surface area contributed by atoms with E-state index in [4.69, 9.17) is 35.3 Å². The average molecular weight is 649 g/mol. The summed E-state index contributed by atoms with van der Waals surface area (Å²) in [5, 5.41) is 0.668. The van der Waals surface area contributed by atoms with Crippen molar-refractivity contribution in [1.82, 2.24) is 0 Å². The Morgan fingerprint density at radius 2 is 1.79 bits per heavy atom. The fraction of sp³-hybridized carbons (Fsp3) is 0.367. The number of fused-ring (bicyclic) bond motifs is 1. The summed E-state index contributed by atoms with van der Waals surface area (Å²) in [5.74, 6) is 0.476. The fourth-order valence-corrected chi connectivity index (χ4v) is 6.27. The van der Waals surface area contributed by atoms with E-state index in [1.165, 1.54) is 6.92 Å². The maximum atomic E-state index is 12.1. The maximum absolute atomic E-state index is 12.1. The van der Waals surface area contributed by atoms with Crippen LogP contribution in [-0.2, 0) is 30.2 Å². The number of carbonyl (C=O) groups excluding carboxylic acids is 1. The second-order valence-corrected chi connectivity index (χ2v) is 11.2. The summed E-state index contributed by atoms with van der Waals surface area (Å²) in [5.41, 5.74) is 3.91. The van der Waals surface area contributed by atoms with Gasteiger partial charge in [-0.05, 0) is 48.2 Å². The van der Waals surface area contributed by atoms with Crippen LogP contribution in [0.2, 0.25) is 5.02 Å². The van der Waals surface area contributed by atoms with Gasteiger partial charge in [-0.3, -0.25) is 4.79 Å². The van der Waals surface area contributed by atoms with Gasteiger partial charge in [0, 0.05) is 17.5 Å². The highest BCUT2D eigenvalue weighted by atomic mass is 127. The Morgan fingerprint density at radius 1 is 1.03 bits per heavy atom. The topological polar surface area (TPSA) is 63.2 Å². The van der Waals surface area contributed by atoms with Gasteiger partial charge in [-0.25, -0.2) is 0 Å². The summed E-state index contributed by atoms with van der Waals surface area (Å²) in [6, 6.07) is 23.7. The van der Waals surface area contributed by atoms with E-state index in [9.17, 15) is 4.79 Å². The normalized spacial score (nSPS) is 26.8. The third-order valence-corrected chi connectivity index (χ3v) is 8.49. The first-order chi connectivity index (χ1) is 18.4. The van der Waals surface area contributed by atoms with Crippen molar-refractivity contribution in [2.75, 3.05) is 13.2 Å². The van der Waals surface area contributed by atoms with E-state index in [0.717, 1.165) is 28.0 Å². The highest BCUT2D eigenvalue weighted by molar-refractivity contribution is 14.1. The summed E-state index contributed by atoms with van der Waals surface area (Å²) in [7, 11) is 0. The second-order valence-electron chi connectivity index (χ2n) is 9.39. The Hall–Kier alpha value is -2.17. The van der Waals surface area contributed by atoms with Crippen LogP contribution in [0.15, 0.2) is 72.8 Å². The summed E-state index contributed by atoms with van der Waals surface area (Å²) in [6.07, 6.45) is -1.48. The molecule has 2 saturated heterocycles. The molecule has 0 N–H and O–H groups in total. The zero-order chi connectivity index (χ0) is 26.6. The molecular formula is C30H30ClIO6. The lowest BCUT2D eigenvalue weighted by Gasteiger charge is -2.47. The monoisotopic (exact) mass is 648 g/mol. The fourth-order valence-electron chi connectivity index (χ4n) is 4.93. The lowest BCUT2D eigenvalue weighted by Crippen LogP contribution is -2.57. The van der Waals surface area contributed by atoms with E-state index in [1.807, 2.05) is 79.7 Å². The molecule has 0 amide bonds. The molecule has 0 spiro atoms. The minimum atomic E-state index is -0.539. The van der Waals surface area contributed by atoms with E-state index in [-0.39, 0.29) is 22.1 Å². The highest BCUT2D eigenvalue weighted by Gasteiger charge is 2.50. The Morgan fingerprint density at radius 3 is 2.50 bits per heavy atom. The number of hydrogen-bond acceptors (Lipinski definition) is 6. The molecule has 0 aliphatic carbocycles. The van der Waals surface area contributed by atoms with Crippen LogP contribution in [0.5, 0.6) is 5.75 Å². The number of ether oxygens (including phenoxy) is 5. The Balaban J connectivity index is 1.38. The third kappa shape index (κ3) is 6.18. The van der Waals surface area contributed by atoms with Gasteiger partial charge >= 0.3 is 5.97 Å². The van der Waals surface area contributed by atoms with Gasteiger partial charge in [-0.1, -0.05) is 88.8 Å². The van der Waals surface area contributed by atoms with E-state index in [0.29, 0.717) is 24.7 Å². The molecule has 5 rings (SSSR count). The van der Waals surface area contributed by atoms with Gasteiger partial charge in [0.2, 0.25) is 0 Å². The number of benzene rings is 3. The summed E-state index contributed by atoms with van der Waals surface area (Å²) < 4.78 is 30.2. The van der Waals surface area contributed by atoms with Crippen molar-refractivity contribution in [3.8, 4) is 5.75 Å². The molecule has 2 fully saturated rings. The van der Waals surface area contributed by atoms with E-state index in [2.05, 4.69) is 22.6 Å². The van der Waals surface area contributed by atoms with Crippen molar-refractivity contribution in [2.45, 2.75) is 54.9 Å². The van der Waals surface area contributed by atoms with Gasteiger partial charge in [0.15, 0.2) is 6.29 Å². The number of rotatable bonds is 7. The summed E-state index contributed by atoms with van der Waals surface area (Å²) in [4.78, 5) is 12.1. The molecule has 0 radical (unpaired) electrons. The van der Waals surface area contributed by atoms with Crippen LogP contribution in [0.3, 0.4) is 0 Å². The van der Waals surface area contributed by atoms with Crippen molar-refractivity contribution in [3.05, 3.63) is 100 Å². The van der Waals surface area contributed by atoms with Crippen LogP contribution in [-0.4, -0.2) is 41.4 Å². The molecule has 6 atom stereocenters. The molecule has 6 unspecified atom stereocenters. The smallest absolute Gasteiger partial charge is 0.303 e. The van der Waals surface area contributed by atoms with Crippen molar-refractivity contribution >= 4 is 40.2 Å². The average Bonchev–Trinajstić information content (AvgIpc) is 2.93. The number of esters is 1. The predicted octanol–water partition coefficient (Wildman–Crippen LogP) is 6.62. The molecule has 38 heavy (non-hydrogen) atoms. The number of carbonyl (C=O) groups is 1. The van der Waals surface area contributed by atoms with Crippen LogP contribution >= 0.6 is 34.2 Å². The molecule has 2 aliphatic heterocycles. The van der Waals surface area contributed by atoms with Crippen molar-refractivity contribution < 1.29 is 28.5 Å². The zero-order valence-electron chi connectivity index (χ0n) is 21.2. The minimum Gasteiger partial charge on any atom is -0.494 e. The Bertz CT molecular complexity index is 1240. The largest absolute Gasteiger partial charge is 0.494 e. The van der Waals surface area contributed by atoms with E-state index < -0.39 is 18.5 Å². The first-order valence-corrected chi connectivity index (χ1v) is 14.3. The van der Waals surface area contributed by atoms with Gasteiger partial charge in [-0.2, -0.15) is 0 Å². The quantitative estimate of drug-likeness (QED) is 0.163. The van der Waals surface area contributed by atoms with Gasteiger partial charge < -0.3 is 23.7 Å². The summed E-state index contributed by atoms with van der Waals surface area (Å²) >= 11 is 8.93. The first kappa shape index (κ1) is 27.4. The molecule has 6 nitrogen and oxygen atoms in total. The van der Waals surface area contributed by atoms with Crippen molar-refractivity contribution in [1.29, 1.82) is 0 Å². The Kier molecular flexibility index (Phi) is 8.90. The standard InChI is InChI=1S/C30H30ClIO6/c1-3-34-23-12-9-19(10-13-23)15-22-16-21(11-14-24(22)31)27-29(36-18(2)33)26(32)28-25(37-27)17-35-30(38-28)20-7-5-4-6-8-20/h4-14,16,25-30H,3,15,17H2,1-2H3. The lowest BCUT2D eigenvalue weighted by atomic mass is 9.91. The molecule has 0 aromatic heterocycles. The van der Waals surface area contributed by atoms with E-state index in [1.54, 1.807) is 0 Å². The van der Waals surface area contributed by atoms with Crippen LogP contribution < -0.4 is 4.74 Å². The SMILES string of the molecule is CCOc1ccc(Cc2cc(C3OC4COC(c5ccccc5)OC4C(I)C3OC(C)=O)ccc2Cl)cc1. The zero-order valence-corrected chi connectivity index (χ0v) is 24.1. The van der Waals surface area contributed by atoms with Crippen LogP contribution in [0.25, 0.3) is 0 Å². The van der Waals surface area contributed by atoms with Crippen molar-refractivity contribution in [2.24, 2.45) is 0 Å². The molecule has 0 saturated carbocycles. The van der Waals surface area contributed by atoms with Crippen molar-refractivity contribution in [3.63, 3.8) is 0 Å². The van der Waals surface area contributed by atoms with Crippen LogP contribution in [0.4, 0.5) is 0 Å². The molecule has 3 aromatic carbocycles. The lowest BCUT2D eigenvalue weighted by molar-refractivity contribution is -0.300. The van der Waals surface area contributed by atoms with Crippen LogP contribution in [0.1, 0.15) is 48.5 Å². The number of hydrogen-bond donors (Lipinski definition) is 0. The molecule has 2 heterocycles. The van der Waals surface area contributed by atoms with Gasteiger partial charge in [-0.15, -0.1) is 0 Å². The number of halogens is 2. The molecule has 200 valence electrons. The first-order valence-electron chi connectivity index (χ1n) is 12.7. The molecule has 2 aliphatic rings. The molecule has 0 bridgehead atoms. The minimum absolute atomic E-state index is 0.152. The molecule has 3 aromatic rings. The summed E-state index contributed by atoms with van der Waals surface area (Å²) in [6.45, 7) is 4.38. The van der Waals surface area contributed by atoms with E-state index >= 15 is 0 Å². The predicted molar refractivity (Wildman–Crippen MR) is 153 cm³/mol. The maximum Gasteiger partial charge on any atom is 0.303 e. The van der Waals surface area contributed by atoms with Crippen LogP contribution in [0, 0.1) is 0 Å². The molecule has 8 heteroatoms. The van der Waals surface area contributed by atoms with Gasteiger partial charge in [0.25, 0.3) is 0 Å². The third-order valence-electron chi connectivity index (χ3n) is 6.71. The van der Waals surface area contributed by atoms with Gasteiger partial charge in [0.1, 0.15) is 30.2 Å².